The number of hydrogen-bond donors (Lipinski definition) is 1. The van der Waals surface area contributed by atoms with Crippen molar-refractivity contribution in [2.75, 3.05) is 5.32 Å². The van der Waals surface area contributed by atoms with Gasteiger partial charge in [0.1, 0.15) is 0 Å². The minimum Gasteiger partial charge on any atom is -0.352 e. The predicted octanol–water partition coefficient (Wildman–Crippen LogP) is 4.95. The first-order chi connectivity index (χ1) is 18.2. The van der Waals surface area contributed by atoms with Crippen LogP contribution in [-0.2, 0) is 11.8 Å². The SMILES string of the molecule is CC1=C(C(=O)Nc2ccccc2)[C@@H](c2ccc(C(C)C)cc2)n2c(s/c(=C/c3cc(C)n(C)c3C)c2=O)=N1. The molecule has 1 N–H and O–H groups in total. The lowest BCUT2D eigenvalue weighted by molar-refractivity contribution is -0.113. The van der Waals surface area contributed by atoms with Gasteiger partial charge in [-0.05, 0) is 67.7 Å². The second kappa shape index (κ2) is 10.1. The summed E-state index contributed by atoms with van der Waals surface area (Å²) in [7, 11) is 2.02. The molecule has 4 aromatic rings. The first-order valence-corrected chi connectivity index (χ1v) is 13.6. The Morgan fingerprint density at radius 1 is 1.05 bits per heavy atom. The maximum Gasteiger partial charge on any atom is 0.271 e. The van der Waals surface area contributed by atoms with Crippen molar-refractivity contribution in [2.45, 2.75) is 46.6 Å². The van der Waals surface area contributed by atoms with Gasteiger partial charge in [-0.3, -0.25) is 14.2 Å². The Morgan fingerprint density at radius 2 is 1.74 bits per heavy atom. The van der Waals surface area contributed by atoms with E-state index in [0.717, 1.165) is 22.5 Å². The first-order valence-electron chi connectivity index (χ1n) is 12.8. The minimum absolute atomic E-state index is 0.148. The molecule has 0 fully saturated rings. The van der Waals surface area contributed by atoms with Crippen LogP contribution in [0, 0.1) is 13.8 Å². The topological polar surface area (TPSA) is 68.4 Å². The monoisotopic (exact) mass is 524 g/mol. The van der Waals surface area contributed by atoms with Crippen molar-refractivity contribution in [3.05, 3.63) is 120 Å². The minimum atomic E-state index is -0.586. The number of fused-ring (bicyclic) bond motifs is 1. The van der Waals surface area contributed by atoms with Crippen LogP contribution in [0.25, 0.3) is 6.08 Å². The van der Waals surface area contributed by atoms with Gasteiger partial charge in [0.15, 0.2) is 4.80 Å². The number of aromatic nitrogens is 2. The molecule has 0 bridgehead atoms. The van der Waals surface area contributed by atoms with Gasteiger partial charge in [-0.15, -0.1) is 0 Å². The lowest BCUT2D eigenvalue weighted by Crippen LogP contribution is -2.40. The molecule has 7 heteroatoms. The maximum atomic E-state index is 13.9. The Hall–Kier alpha value is -3.97. The van der Waals surface area contributed by atoms with Crippen LogP contribution in [0.3, 0.4) is 0 Å². The molecule has 1 aliphatic rings. The standard InChI is InChI=1S/C31H32N4O2S/c1-18(2)22-12-14-23(15-13-22)28-27(29(36)33-25-10-8-7-9-11-25)20(4)32-31-35(28)30(37)26(38-31)17-24-16-19(3)34(6)21(24)5/h7-18,28H,1-6H3,(H,33,36)/b26-17+/t28-/m1/s1. The van der Waals surface area contributed by atoms with E-state index < -0.39 is 6.04 Å². The molecule has 3 heterocycles. The van der Waals surface area contributed by atoms with Crippen LogP contribution >= 0.6 is 11.3 Å². The van der Waals surface area contributed by atoms with Gasteiger partial charge in [-0.2, -0.15) is 0 Å². The normalized spacial score (nSPS) is 15.6. The fraction of sp³-hybridized carbons (Fsp3) is 0.258. The van der Waals surface area contributed by atoms with Crippen molar-refractivity contribution >= 4 is 29.0 Å². The molecular formula is C31H32N4O2S. The molecule has 0 aliphatic carbocycles. The predicted molar refractivity (Wildman–Crippen MR) is 154 cm³/mol. The Kier molecular flexibility index (Phi) is 6.80. The van der Waals surface area contributed by atoms with E-state index in [1.165, 1.54) is 16.9 Å². The number of anilines is 1. The van der Waals surface area contributed by atoms with E-state index in [1.54, 1.807) is 4.57 Å². The first kappa shape index (κ1) is 25.7. The van der Waals surface area contributed by atoms with Gasteiger partial charge in [0, 0.05) is 24.1 Å². The van der Waals surface area contributed by atoms with Crippen LogP contribution < -0.4 is 20.2 Å². The van der Waals surface area contributed by atoms with Crippen molar-refractivity contribution in [2.24, 2.45) is 12.0 Å². The largest absolute Gasteiger partial charge is 0.352 e. The molecular weight excluding hydrogens is 492 g/mol. The van der Waals surface area contributed by atoms with Crippen LogP contribution in [0.2, 0.25) is 0 Å². The van der Waals surface area contributed by atoms with E-state index in [1.807, 2.05) is 76.4 Å². The number of thiazole rings is 1. The summed E-state index contributed by atoms with van der Waals surface area (Å²) in [6.07, 6.45) is 1.94. The highest BCUT2D eigenvalue weighted by atomic mass is 32.1. The summed E-state index contributed by atoms with van der Waals surface area (Å²) in [5.41, 5.74) is 6.92. The summed E-state index contributed by atoms with van der Waals surface area (Å²) < 4.78 is 4.38. The van der Waals surface area contributed by atoms with E-state index in [4.69, 9.17) is 4.99 Å². The summed E-state index contributed by atoms with van der Waals surface area (Å²) in [5, 5.41) is 3.01. The van der Waals surface area contributed by atoms with Crippen LogP contribution in [0.15, 0.2) is 81.7 Å². The van der Waals surface area contributed by atoms with Crippen molar-refractivity contribution in [1.82, 2.24) is 9.13 Å². The molecule has 2 aromatic heterocycles. The average molecular weight is 525 g/mol. The van der Waals surface area contributed by atoms with Gasteiger partial charge in [0.05, 0.1) is 21.8 Å². The van der Waals surface area contributed by atoms with E-state index in [9.17, 15) is 9.59 Å². The Bertz CT molecular complexity index is 1740. The van der Waals surface area contributed by atoms with Gasteiger partial charge in [-0.1, -0.05) is 67.6 Å². The molecule has 0 radical (unpaired) electrons. The summed E-state index contributed by atoms with van der Waals surface area (Å²) in [4.78, 5) is 33.0. The van der Waals surface area contributed by atoms with Crippen molar-refractivity contribution < 1.29 is 4.79 Å². The second-order valence-electron chi connectivity index (χ2n) is 10.1. The van der Waals surface area contributed by atoms with Crippen LogP contribution in [0.1, 0.15) is 60.8 Å². The van der Waals surface area contributed by atoms with Gasteiger partial charge in [0.2, 0.25) is 0 Å². The fourth-order valence-electron chi connectivity index (χ4n) is 4.88. The number of hydrogen-bond acceptors (Lipinski definition) is 4. The molecule has 0 spiro atoms. The molecule has 6 nitrogen and oxygen atoms in total. The Balaban J connectivity index is 1.69. The molecule has 0 unspecified atom stereocenters. The number of benzene rings is 2. The third kappa shape index (κ3) is 4.58. The van der Waals surface area contributed by atoms with Crippen LogP contribution in [-0.4, -0.2) is 15.0 Å². The number of nitrogens with zero attached hydrogens (tertiary/aromatic N) is 3. The summed E-state index contributed by atoms with van der Waals surface area (Å²) in [6.45, 7) is 10.2. The zero-order valence-electron chi connectivity index (χ0n) is 22.6. The summed E-state index contributed by atoms with van der Waals surface area (Å²) in [6, 6.07) is 19.0. The van der Waals surface area contributed by atoms with Gasteiger partial charge in [0.25, 0.3) is 11.5 Å². The molecule has 5 rings (SSSR count). The molecule has 0 saturated heterocycles. The molecule has 1 aliphatic heterocycles. The number of para-hydroxylation sites is 1. The summed E-state index contributed by atoms with van der Waals surface area (Å²) in [5.74, 6) is 0.112. The van der Waals surface area contributed by atoms with Gasteiger partial charge in [-0.25, -0.2) is 4.99 Å². The second-order valence-corrected chi connectivity index (χ2v) is 11.1. The summed E-state index contributed by atoms with van der Waals surface area (Å²) >= 11 is 1.36. The number of rotatable bonds is 5. The molecule has 194 valence electrons. The Morgan fingerprint density at radius 3 is 2.34 bits per heavy atom. The molecule has 1 atom stereocenters. The molecule has 1 amide bonds. The van der Waals surface area contributed by atoms with E-state index in [0.29, 0.717) is 32.2 Å². The van der Waals surface area contributed by atoms with Gasteiger partial charge < -0.3 is 9.88 Å². The zero-order valence-corrected chi connectivity index (χ0v) is 23.4. The fourth-order valence-corrected chi connectivity index (χ4v) is 5.92. The number of allylic oxidation sites excluding steroid dienone is 1. The van der Waals surface area contributed by atoms with Gasteiger partial charge >= 0.3 is 0 Å². The average Bonchev–Trinajstić information content (AvgIpc) is 3.33. The van der Waals surface area contributed by atoms with Crippen molar-refractivity contribution in [3.8, 4) is 0 Å². The highest BCUT2D eigenvalue weighted by Gasteiger charge is 2.32. The highest BCUT2D eigenvalue weighted by molar-refractivity contribution is 7.07. The highest BCUT2D eigenvalue weighted by Crippen LogP contribution is 2.31. The Labute approximate surface area is 226 Å². The lowest BCUT2D eigenvalue weighted by atomic mass is 9.93. The molecule has 0 saturated carbocycles. The number of aryl methyl sites for hydroxylation is 1. The van der Waals surface area contributed by atoms with E-state index >= 15 is 0 Å². The quantitative estimate of drug-likeness (QED) is 0.401. The number of carbonyl (C=O) groups is 1. The van der Waals surface area contributed by atoms with Crippen molar-refractivity contribution in [3.63, 3.8) is 0 Å². The number of amides is 1. The van der Waals surface area contributed by atoms with Crippen LogP contribution in [0.5, 0.6) is 0 Å². The van der Waals surface area contributed by atoms with Crippen LogP contribution in [0.4, 0.5) is 5.69 Å². The maximum absolute atomic E-state index is 13.9. The van der Waals surface area contributed by atoms with Crippen molar-refractivity contribution in [1.29, 1.82) is 0 Å². The van der Waals surface area contributed by atoms with E-state index in [2.05, 4.69) is 41.9 Å². The zero-order chi connectivity index (χ0) is 27.1. The lowest BCUT2D eigenvalue weighted by Gasteiger charge is -2.25. The number of nitrogens with one attached hydrogen (secondary N) is 1. The third-order valence-corrected chi connectivity index (χ3v) is 8.30. The molecule has 38 heavy (non-hydrogen) atoms. The third-order valence-electron chi connectivity index (χ3n) is 7.32. The number of carbonyl (C=O) groups excluding carboxylic acids is 1. The smallest absolute Gasteiger partial charge is 0.271 e. The van der Waals surface area contributed by atoms with E-state index in [-0.39, 0.29) is 11.5 Å². The molecule has 2 aromatic carbocycles.